The number of carboxylic acids is 1. The van der Waals surface area contributed by atoms with Crippen LogP contribution in [0.4, 0.5) is 0 Å². The molecule has 146 valence electrons. The lowest BCUT2D eigenvalue weighted by molar-refractivity contribution is 0.0503. The van der Waals surface area contributed by atoms with Crippen LogP contribution in [-0.4, -0.2) is 17.0 Å². The molecule has 0 aromatic heterocycles. The zero-order valence-corrected chi connectivity index (χ0v) is 15.9. The maximum atomic E-state index is 11.9. The zero-order valence-electron chi connectivity index (χ0n) is 15.9. The van der Waals surface area contributed by atoms with Crippen molar-refractivity contribution in [3.63, 3.8) is 0 Å². The third-order valence-electron chi connectivity index (χ3n) is 5.60. The Hall–Kier alpha value is -3.96. The minimum Gasteiger partial charge on any atom is -0.478 e. The van der Waals surface area contributed by atoms with Gasteiger partial charge < -0.3 is 9.94 Å². The van der Waals surface area contributed by atoms with E-state index < -0.39 is 11.9 Å². The highest BCUT2D eigenvalue weighted by atomic mass is 16.7. The predicted octanol–water partition coefficient (Wildman–Crippen LogP) is 4.90. The summed E-state index contributed by atoms with van der Waals surface area (Å²) in [5.74, 6) is 3.11. The quantitative estimate of drug-likeness (QED) is 0.334. The Labute approximate surface area is 171 Å². The van der Waals surface area contributed by atoms with E-state index in [-0.39, 0.29) is 11.1 Å². The molecule has 0 fully saturated rings. The summed E-state index contributed by atoms with van der Waals surface area (Å²) in [6.45, 7) is 0. The van der Waals surface area contributed by atoms with Crippen LogP contribution in [0.5, 0.6) is 0 Å². The van der Waals surface area contributed by atoms with Gasteiger partial charge in [0.15, 0.2) is 0 Å². The lowest BCUT2D eigenvalue weighted by Crippen LogP contribution is -2.12. The topological polar surface area (TPSA) is 89.6 Å². The van der Waals surface area contributed by atoms with E-state index in [1.54, 1.807) is 12.1 Å². The molecule has 5 rings (SSSR count). The van der Waals surface area contributed by atoms with Crippen molar-refractivity contribution in [3.05, 3.63) is 95.1 Å². The average molecular weight is 395 g/mol. The van der Waals surface area contributed by atoms with Crippen LogP contribution >= 0.6 is 0 Å². The summed E-state index contributed by atoms with van der Waals surface area (Å²) in [5.41, 5.74) is 1.89. The van der Waals surface area contributed by atoms with Crippen molar-refractivity contribution in [1.29, 1.82) is 0 Å². The maximum Gasteiger partial charge on any atom is 0.356 e. The fraction of sp³-hybridized carbons (Fsp3) is 0.0400. The second-order valence-electron chi connectivity index (χ2n) is 7.39. The van der Waals surface area contributed by atoms with Gasteiger partial charge in [0.25, 0.3) is 0 Å². The molecule has 0 bridgehead atoms. The van der Waals surface area contributed by atoms with E-state index in [0.717, 1.165) is 16.3 Å². The van der Waals surface area contributed by atoms with E-state index in [1.165, 1.54) is 27.6 Å². The van der Waals surface area contributed by atoms with Gasteiger partial charge in [-0.05, 0) is 68.1 Å². The van der Waals surface area contributed by atoms with Crippen LogP contribution < -0.4 is 5.90 Å². The second kappa shape index (κ2) is 6.83. The smallest absolute Gasteiger partial charge is 0.356 e. The number of hydrogen-bond donors (Lipinski definition) is 2. The highest BCUT2D eigenvalue weighted by Gasteiger charge is 2.15. The Morgan fingerprint density at radius 3 is 2.13 bits per heavy atom. The molecule has 5 aromatic rings. The third-order valence-corrected chi connectivity index (χ3v) is 5.60. The Kier molecular flexibility index (Phi) is 4.12. The van der Waals surface area contributed by atoms with Gasteiger partial charge in [-0.1, -0.05) is 54.6 Å². The van der Waals surface area contributed by atoms with Gasteiger partial charge in [-0.25, -0.2) is 9.59 Å². The molecule has 0 heterocycles. The molecule has 0 unspecified atom stereocenters. The summed E-state index contributed by atoms with van der Waals surface area (Å²) >= 11 is 0. The molecule has 0 aliphatic carbocycles. The molecule has 3 N–H and O–H groups in total. The first kappa shape index (κ1) is 18.1. The fourth-order valence-corrected chi connectivity index (χ4v) is 4.27. The van der Waals surface area contributed by atoms with E-state index in [0.29, 0.717) is 12.0 Å². The summed E-state index contributed by atoms with van der Waals surface area (Å²) in [6.07, 6.45) is 0.472. The van der Waals surface area contributed by atoms with Crippen molar-refractivity contribution < 1.29 is 19.5 Å². The van der Waals surface area contributed by atoms with Crippen molar-refractivity contribution in [1.82, 2.24) is 0 Å². The van der Waals surface area contributed by atoms with E-state index in [4.69, 9.17) is 5.90 Å². The maximum absolute atomic E-state index is 11.9. The largest absolute Gasteiger partial charge is 0.478 e. The molecule has 5 heteroatoms. The molecule has 0 aliphatic heterocycles. The highest BCUT2D eigenvalue weighted by molar-refractivity contribution is 6.23. The fourth-order valence-electron chi connectivity index (χ4n) is 4.27. The van der Waals surface area contributed by atoms with Crippen LogP contribution in [-0.2, 0) is 11.3 Å². The van der Waals surface area contributed by atoms with Gasteiger partial charge in [-0.15, -0.1) is 0 Å². The van der Waals surface area contributed by atoms with Gasteiger partial charge in [0.1, 0.15) is 0 Å². The molecule has 30 heavy (non-hydrogen) atoms. The molecule has 0 saturated heterocycles. The van der Waals surface area contributed by atoms with Crippen LogP contribution in [0, 0.1) is 0 Å². The van der Waals surface area contributed by atoms with Crippen molar-refractivity contribution >= 4 is 44.3 Å². The van der Waals surface area contributed by atoms with Crippen molar-refractivity contribution in [2.45, 2.75) is 6.42 Å². The van der Waals surface area contributed by atoms with Crippen molar-refractivity contribution in [3.8, 4) is 0 Å². The van der Waals surface area contributed by atoms with Crippen LogP contribution in [0.1, 0.15) is 31.8 Å². The van der Waals surface area contributed by atoms with Gasteiger partial charge in [-0.2, -0.15) is 5.90 Å². The van der Waals surface area contributed by atoms with Crippen molar-refractivity contribution in [2.75, 3.05) is 0 Å². The number of benzene rings is 5. The first-order valence-corrected chi connectivity index (χ1v) is 9.49. The normalized spacial score (nSPS) is 11.4. The van der Waals surface area contributed by atoms with Gasteiger partial charge in [0.2, 0.25) is 0 Å². The Morgan fingerprint density at radius 2 is 1.43 bits per heavy atom. The van der Waals surface area contributed by atoms with Gasteiger partial charge >= 0.3 is 11.9 Å². The van der Waals surface area contributed by atoms with Crippen LogP contribution in [0.25, 0.3) is 32.3 Å². The Balaban J connectivity index is 1.70. The molecule has 0 amide bonds. The first-order chi connectivity index (χ1) is 14.5. The number of rotatable bonds is 4. The number of aromatic carboxylic acids is 1. The summed E-state index contributed by atoms with van der Waals surface area (Å²) in [4.78, 5) is 27.7. The molecule has 0 aliphatic rings. The van der Waals surface area contributed by atoms with Crippen LogP contribution in [0.2, 0.25) is 0 Å². The average Bonchev–Trinajstić information content (AvgIpc) is 2.77. The highest BCUT2D eigenvalue weighted by Crippen LogP contribution is 2.36. The first-order valence-electron chi connectivity index (χ1n) is 9.49. The number of nitrogens with two attached hydrogens (primary N) is 1. The van der Waals surface area contributed by atoms with Crippen molar-refractivity contribution in [2.24, 2.45) is 5.90 Å². The summed E-state index contributed by atoms with van der Waals surface area (Å²) in [6, 6.07) is 23.3. The number of carbonyl (C=O) groups excluding carboxylic acids is 1. The number of carbonyl (C=O) groups is 2. The molecule has 0 spiro atoms. The minimum absolute atomic E-state index is 0.0191. The summed E-state index contributed by atoms with van der Waals surface area (Å²) in [7, 11) is 0. The lowest BCUT2D eigenvalue weighted by Gasteiger charge is -2.14. The number of hydrogen-bond acceptors (Lipinski definition) is 4. The molecule has 5 nitrogen and oxygen atoms in total. The zero-order chi connectivity index (χ0) is 20.8. The molecule has 5 aromatic carbocycles. The van der Waals surface area contributed by atoms with E-state index in [9.17, 15) is 14.7 Å². The van der Waals surface area contributed by atoms with E-state index in [2.05, 4.69) is 59.4 Å². The monoisotopic (exact) mass is 395 g/mol. The third kappa shape index (κ3) is 2.84. The summed E-state index contributed by atoms with van der Waals surface area (Å²) in [5, 5.41) is 16.5. The predicted molar refractivity (Wildman–Crippen MR) is 116 cm³/mol. The van der Waals surface area contributed by atoms with E-state index >= 15 is 0 Å². The number of carboxylic acid groups (broad SMARTS) is 1. The van der Waals surface area contributed by atoms with Crippen LogP contribution in [0.15, 0.2) is 72.8 Å². The molecule has 0 saturated carbocycles. The van der Waals surface area contributed by atoms with Gasteiger partial charge in [-0.3, -0.25) is 0 Å². The van der Waals surface area contributed by atoms with Crippen LogP contribution in [0.3, 0.4) is 0 Å². The molecule has 0 radical (unpaired) electrons. The second-order valence-corrected chi connectivity index (χ2v) is 7.39. The van der Waals surface area contributed by atoms with Gasteiger partial charge in [0, 0.05) is 0 Å². The van der Waals surface area contributed by atoms with E-state index in [1.807, 2.05) is 0 Å². The summed E-state index contributed by atoms with van der Waals surface area (Å²) < 4.78 is 0. The molecular weight excluding hydrogens is 378 g/mol. The minimum atomic E-state index is -1.11. The lowest BCUT2D eigenvalue weighted by atomic mass is 9.89. The molecular formula is C25H17NO4. The van der Waals surface area contributed by atoms with Gasteiger partial charge in [0.05, 0.1) is 11.1 Å². The Morgan fingerprint density at radius 1 is 0.800 bits per heavy atom. The SMILES string of the molecule is NOC(=O)c1cc(Cc2ccc3ccc4cccc5ccc2c3c45)cc(C(=O)O)c1. The molecule has 0 atom stereocenters. The Bertz CT molecular complexity index is 1440. The standard InChI is InChI=1S/C25H17NO4/c26-30-25(29)20-12-14(11-19(13-20)24(27)28)10-18-7-6-17-5-4-15-2-1-3-16-8-9-21(18)23(17)22(15)16/h1-9,11-13H,10,26H2,(H,27,28).